The second kappa shape index (κ2) is 9.10. The van der Waals surface area contributed by atoms with E-state index >= 15 is 0 Å². The molecule has 6 rings (SSSR count). The van der Waals surface area contributed by atoms with Crippen LogP contribution in [0.4, 0.5) is 4.79 Å². The van der Waals surface area contributed by atoms with Crippen LogP contribution in [-0.4, -0.2) is 58.8 Å². The monoisotopic (exact) mass is 594 g/mol. The minimum atomic E-state index is -0.520. The molecule has 206 valence electrons. The van der Waals surface area contributed by atoms with Crippen molar-refractivity contribution in [3.05, 3.63) is 63.3 Å². The topological polar surface area (TPSA) is 80.9 Å². The van der Waals surface area contributed by atoms with Crippen molar-refractivity contribution in [2.45, 2.75) is 76.6 Å². The Balaban J connectivity index is 1.24. The van der Waals surface area contributed by atoms with Gasteiger partial charge in [-0.1, -0.05) is 35.8 Å². The SMILES string of the molecule is CC(C)(C)OC(=O)N1CCC2(CC1)OCC[C@H]2Oc1ccc2c(c1)C(C)(C)c1[nH]c3cc(Br)ccc3c1C2=O. The molecule has 7 nitrogen and oxygen atoms in total. The molecule has 0 radical (unpaired) electrons. The van der Waals surface area contributed by atoms with Crippen LogP contribution in [0.15, 0.2) is 40.9 Å². The highest BCUT2D eigenvalue weighted by Gasteiger charge is 2.49. The van der Waals surface area contributed by atoms with Gasteiger partial charge in [-0.15, -0.1) is 0 Å². The number of benzene rings is 2. The zero-order chi connectivity index (χ0) is 27.7. The number of carbonyl (C=O) groups excluding carboxylic acids is 2. The van der Waals surface area contributed by atoms with Crippen molar-refractivity contribution in [3.8, 4) is 5.75 Å². The van der Waals surface area contributed by atoms with E-state index in [-0.39, 0.29) is 18.0 Å². The second-order valence-corrected chi connectivity index (χ2v) is 13.4. The summed E-state index contributed by atoms with van der Waals surface area (Å²) >= 11 is 3.54. The summed E-state index contributed by atoms with van der Waals surface area (Å²) < 4.78 is 19.4. The normalized spacial score (nSPS) is 21.6. The minimum Gasteiger partial charge on any atom is -0.487 e. The molecule has 2 aliphatic heterocycles. The Labute approximate surface area is 237 Å². The molecule has 3 aromatic rings. The van der Waals surface area contributed by atoms with Crippen LogP contribution in [0, 0.1) is 0 Å². The van der Waals surface area contributed by atoms with Gasteiger partial charge in [0.25, 0.3) is 0 Å². The largest absolute Gasteiger partial charge is 0.487 e. The highest BCUT2D eigenvalue weighted by molar-refractivity contribution is 9.10. The third-order valence-electron chi connectivity index (χ3n) is 8.42. The molecule has 1 N–H and O–H groups in total. The van der Waals surface area contributed by atoms with Gasteiger partial charge in [-0.2, -0.15) is 0 Å². The van der Waals surface area contributed by atoms with Gasteiger partial charge in [-0.05, 0) is 69.5 Å². The summed E-state index contributed by atoms with van der Waals surface area (Å²) in [5.74, 6) is 0.774. The van der Waals surface area contributed by atoms with Gasteiger partial charge < -0.3 is 24.1 Å². The number of hydrogen-bond donors (Lipinski definition) is 1. The third kappa shape index (κ3) is 4.45. The number of fused-ring (bicyclic) bond motifs is 4. The smallest absolute Gasteiger partial charge is 0.410 e. The number of piperidine rings is 1. The lowest BCUT2D eigenvalue weighted by molar-refractivity contribution is -0.0872. The van der Waals surface area contributed by atoms with E-state index in [1.165, 1.54) is 0 Å². The summed E-state index contributed by atoms with van der Waals surface area (Å²) in [6, 6.07) is 11.8. The number of halogens is 1. The number of carbonyl (C=O) groups is 2. The molecule has 1 atom stereocenters. The molecule has 8 heteroatoms. The number of hydrogen-bond acceptors (Lipinski definition) is 5. The minimum absolute atomic E-state index is 0.0367. The van der Waals surface area contributed by atoms with E-state index in [1.54, 1.807) is 4.90 Å². The van der Waals surface area contributed by atoms with Crippen molar-refractivity contribution in [2.24, 2.45) is 0 Å². The molecule has 1 aromatic heterocycles. The second-order valence-electron chi connectivity index (χ2n) is 12.5. The Kier molecular flexibility index (Phi) is 6.15. The van der Waals surface area contributed by atoms with Crippen molar-refractivity contribution in [1.82, 2.24) is 9.88 Å². The van der Waals surface area contributed by atoms with Gasteiger partial charge in [0.1, 0.15) is 23.1 Å². The molecule has 3 aliphatic rings. The molecule has 0 bridgehead atoms. The maximum Gasteiger partial charge on any atom is 0.410 e. The maximum absolute atomic E-state index is 13.7. The first-order chi connectivity index (χ1) is 18.4. The Morgan fingerprint density at radius 3 is 2.59 bits per heavy atom. The molecular formula is C31H35BrN2O5. The highest BCUT2D eigenvalue weighted by atomic mass is 79.9. The number of ketones is 1. The molecule has 0 unspecified atom stereocenters. The average molecular weight is 596 g/mol. The van der Waals surface area contributed by atoms with Crippen LogP contribution in [0.3, 0.4) is 0 Å². The van der Waals surface area contributed by atoms with E-state index in [2.05, 4.69) is 34.8 Å². The van der Waals surface area contributed by atoms with Gasteiger partial charge in [0.05, 0.1) is 12.2 Å². The number of aromatic amines is 1. The van der Waals surface area contributed by atoms with Gasteiger partial charge >= 0.3 is 6.09 Å². The van der Waals surface area contributed by atoms with Gasteiger partial charge in [-0.3, -0.25) is 4.79 Å². The Morgan fingerprint density at radius 2 is 1.87 bits per heavy atom. The fourth-order valence-corrected chi connectivity index (χ4v) is 6.73. The van der Waals surface area contributed by atoms with E-state index in [1.807, 2.05) is 57.2 Å². The standard InChI is InChI=1S/C31H35BrN2O5/c1-29(2,3)39-28(36)34-13-11-31(12-14-34)24(10-15-37-31)38-19-7-9-20-22(17-19)30(4,5)27-25(26(20)35)21-8-6-18(32)16-23(21)33-27/h6-9,16-17,24,33H,10-15H2,1-5H3/t24-/m1/s1. The van der Waals surface area contributed by atoms with Crippen LogP contribution in [0.5, 0.6) is 5.75 Å². The zero-order valence-corrected chi connectivity index (χ0v) is 24.7. The number of likely N-dealkylation sites (tertiary alicyclic amines) is 1. The molecule has 2 fully saturated rings. The van der Waals surface area contributed by atoms with Crippen molar-refractivity contribution >= 4 is 38.7 Å². The van der Waals surface area contributed by atoms with Crippen molar-refractivity contribution in [1.29, 1.82) is 0 Å². The molecule has 1 aliphatic carbocycles. The number of rotatable bonds is 2. The number of aromatic nitrogens is 1. The van der Waals surface area contributed by atoms with Crippen molar-refractivity contribution < 1.29 is 23.8 Å². The van der Waals surface area contributed by atoms with Crippen molar-refractivity contribution in [3.63, 3.8) is 0 Å². The lowest BCUT2D eigenvalue weighted by atomic mass is 9.71. The fraction of sp³-hybridized carbons (Fsp3) is 0.484. The van der Waals surface area contributed by atoms with Crippen LogP contribution in [0.25, 0.3) is 10.9 Å². The van der Waals surface area contributed by atoms with Gasteiger partial charge in [0.2, 0.25) is 0 Å². The molecule has 1 spiro atoms. The molecule has 2 aromatic carbocycles. The molecule has 39 heavy (non-hydrogen) atoms. The summed E-state index contributed by atoms with van der Waals surface area (Å²) in [6.07, 6.45) is 1.77. The first kappa shape index (κ1) is 26.4. The first-order valence-electron chi connectivity index (χ1n) is 13.7. The lowest BCUT2D eigenvalue weighted by Crippen LogP contribution is -2.53. The summed E-state index contributed by atoms with van der Waals surface area (Å²) in [5.41, 5.74) is 2.94. The average Bonchev–Trinajstić information content (AvgIpc) is 3.44. The number of ether oxygens (including phenoxy) is 3. The molecule has 2 saturated heterocycles. The third-order valence-corrected chi connectivity index (χ3v) is 8.91. The van der Waals surface area contributed by atoms with E-state index < -0.39 is 16.6 Å². The van der Waals surface area contributed by atoms with Crippen molar-refractivity contribution in [2.75, 3.05) is 19.7 Å². The molecule has 3 heterocycles. The Morgan fingerprint density at radius 1 is 1.13 bits per heavy atom. The summed E-state index contributed by atoms with van der Waals surface area (Å²) in [7, 11) is 0. The van der Waals surface area contributed by atoms with Crippen LogP contribution in [0.2, 0.25) is 0 Å². The molecule has 0 saturated carbocycles. The summed E-state index contributed by atoms with van der Waals surface area (Å²) in [6.45, 7) is 11.7. The zero-order valence-electron chi connectivity index (χ0n) is 23.2. The number of nitrogens with zero attached hydrogens (tertiary/aromatic N) is 1. The van der Waals surface area contributed by atoms with E-state index in [4.69, 9.17) is 14.2 Å². The predicted molar refractivity (Wildman–Crippen MR) is 153 cm³/mol. The fourth-order valence-electron chi connectivity index (χ4n) is 6.37. The quantitative estimate of drug-likeness (QED) is 0.355. The van der Waals surface area contributed by atoms with Crippen LogP contribution in [-0.2, 0) is 14.9 Å². The lowest BCUT2D eigenvalue weighted by Gasteiger charge is -2.42. The summed E-state index contributed by atoms with van der Waals surface area (Å²) in [5, 5.41) is 0.944. The first-order valence-corrected chi connectivity index (χ1v) is 14.5. The van der Waals surface area contributed by atoms with Crippen LogP contribution in [0.1, 0.15) is 81.1 Å². The number of amides is 1. The predicted octanol–water partition coefficient (Wildman–Crippen LogP) is 6.74. The summed E-state index contributed by atoms with van der Waals surface area (Å²) in [4.78, 5) is 31.6. The van der Waals surface area contributed by atoms with Crippen LogP contribution >= 0.6 is 15.9 Å². The van der Waals surface area contributed by atoms with Crippen LogP contribution < -0.4 is 4.74 Å². The number of H-pyrrole nitrogens is 1. The Bertz CT molecular complexity index is 1480. The molecule has 1 amide bonds. The highest BCUT2D eigenvalue weighted by Crippen LogP contribution is 2.46. The van der Waals surface area contributed by atoms with E-state index in [9.17, 15) is 9.59 Å². The molecular weight excluding hydrogens is 560 g/mol. The van der Waals surface area contributed by atoms with E-state index in [0.717, 1.165) is 44.4 Å². The maximum atomic E-state index is 13.7. The van der Waals surface area contributed by atoms with Gasteiger partial charge in [0, 0.05) is 51.6 Å². The van der Waals surface area contributed by atoms with E-state index in [0.29, 0.717) is 38.1 Å². The Hall–Kier alpha value is -2.84. The van der Waals surface area contributed by atoms with Gasteiger partial charge in [0.15, 0.2) is 5.78 Å². The number of nitrogens with one attached hydrogen (secondary N) is 1. The van der Waals surface area contributed by atoms with Gasteiger partial charge in [-0.25, -0.2) is 4.79 Å².